The van der Waals surface area contributed by atoms with Crippen LogP contribution in [-0.4, -0.2) is 53.0 Å². The maximum Gasteiger partial charge on any atom is 0.242 e. The molecule has 0 unspecified atom stereocenters. The number of aryl methyl sites for hydroxylation is 1. The molecular formula is C27H36N4O3. The lowest BCUT2D eigenvalue weighted by molar-refractivity contribution is -0.131. The van der Waals surface area contributed by atoms with Crippen molar-refractivity contribution >= 4 is 22.8 Å². The molecule has 0 aliphatic rings. The molecule has 7 nitrogen and oxygen atoms in total. The van der Waals surface area contributed by atoms with Gasteiger partial charge in [-0.15, -0.1) is 0 Å². The number of ether oxygens (including phenoxy) is 1. The van der Waals surface area contributed by atoms with Gasteiger partial charge in [-0.25, -0.2) is 4.98 Å². The second kappa shape index (κ2) is 12.8. The van der Waals surface area contributed by atoms with E-state index in [0.717, 1.165) is 60.5 Å². The molecule has 3 rings (SSSR count). The first kappa shape index (κ1) is 25.3. The van der Waals surface area contributed by atoms with Crippen LogP contribution in [0, 0.1) is 0 Å². The normalized spacial score (nSPS) is 10.9. The number of carbonyl (C=O) groups is 2. The Kier molecular flexibility index (Phi) is 9.50. The Morgan fingerprint density at radius 1 is 1.03 bits per heavy atom. The number of rotatable bonds is 13. The highest BCUT2D eigenvalue weighted by atomic mass is 16.5. The number of benzene rings is 2. The van der Waals surface area contributed by atoms with Crippen molar-refractivity contribution in [3.8, 4) is 5.75 Å². The van der Waals surface area contributed by atoms with Gasteiger partial charge in [0, 0.05) is 26.1 Å². The molecular weight excluding hydrogens is 428 g/mol. The summed E-state index contributed by atoms with van der Waals surface area (Å²) < 4.78 is 7.19. The molecule has 0 bridgehead atoms. The number of fused-ring (bicyclic) bond motifs is 1. The summed E-state index contributed by atoms with van der Waals surface area (Å²) in [6, 6.07) is 15.4. The summed E-state index contributed by atoms with van der Waals surface area (Å²) in [5.41, 5.74) is 2.82. The topological polar surface area (TPSA) is 76.5 Å². The lowest BCUT2D eigenvalue weighted by Gasteiger charge is -2.22. The van der Waals surface area contributed by atoms with E-state index in [1.54, 1.807) is 7.11 Å². The van der Waals surface area contributed by atoms with Gasteiger partial charge in [-0.3, -0.25) is 9.59 Å². The fourth-order valence-corrected chi connectivity index (χ4v) is 4.09. The number of para-hydroxylation sites is 2. The Morgan fingerprint density at radius 3 is 2.41 bits per heavy atom. The minimum atomic E-state index is -0.0105. The maximum atomic E-state index is 13.0. The van der Waals surface area contributed by atoms with Crippen LogP contribution in [0.25, 0.3) is 11.0 Å². The summed E-state index contributed by atoms with van der Waals surface area (Å²) in [5.74, 6) is 1.77. The van der Waals surface area contributed by atoms with E-state index < -0.39 is 0 Å². The van der Waals surface area contributed by atoms with Crippen molar-refractivity contribution in [2.24, 2.45) is 0 Å². The summed E-state index contributed by atoms with van der Waals surface area (Å²) >= 11 is 0. The van der Waals surface area contributed by atoms with Crippen LogP contribution in [0.5, 0.6) is 5.75 Å². The van der Waals surface area contributed by atoms with Gasteiger partial charge in [-0.05, 0) is 49.1 Å². The van der Waals surface area contributed by atoms with Gasteiger partial charge in [0.05, 0.1) is 24.6 Å². The minimum absolute atomic E-state index is 0.0105. The summed E-state index contributed by atoms with van der Waals surface area (Å²) in [6.07, 6.45) is 3.66. The first-order valence-electron chi connectivity index (χ1n) is 12.2. The first-order chi connectivity index (χ1) is 16.5. The quantitative estimate of drug-likeness (QED) is 0.388. The molecule has 34 heavy (non-hydrogen) atoms. The molecule has 0 radical (unpaired) electrons. The van der Waals surface area contributed by atoms with Crippen molar-refractivity contribution in [3.63, 3.8) is 0 Å². The molecule has 0 aliphatic carbocycles. The highest BCUT2D eigenvalue weighted by molar-refractivity contribution is 5.81. The second-order valence-corrected chi connectivity index (χ2v) is 8.46. The Labute approximate surface area is 202 Å². The summed E-state index contributed by atoms with van der Waals surface area (Å²) in [7, 11) is 1.62. The van der Waals surface area contributed by atoms with Crippen LogP contribution in [0.3, 0.4) is 0 Å². The van der Waals surface area contributed by atoms with E-state index in [2.05, 4.69) is 19.2 Å². The van der Waals surface area contributed by atoms with Crippen molar-refractivity contribution in [2.75, 3.05) is 26.7 Å². The minimum Gasteiger partial charge on any atom is -0.497 e. The number of nitrogens with zero attached hydrogens (tertiary/aromatic N) is 3. The van der Waals surface area contributed by atoms with Crippen LogP contribution < -0.4 is 10.1 Å². The third-order valence-corrected chi connectivity index (χ3v) is 5.79. The third-order valence-electron chi connectivity index (χ3n) is 5.79. The number of imidazole rings is 1. The number of methoxy groups -OCH3 is 1. The van der Waals surface area contributed by atoms with Crippen LogP contribution in [0.1, 0.15) is 44.5 Å². The molecule has 0 spiro atoms. The summed E-state index contributed by atoms with van der Waals surface area (Å²) in [4.78, 5) is 32.1. The smallest absolute Gasteiger partial charge is 0.242 e. The lowest BCUT2D eigenvalue weighted by atomic mass is 10.1. The first-order valence-corrected chi connectivity index (χ1v) is 12.2. The number of carbonyl (C=O) groups excluding carboxylic acids is 2. The van der Waals surface area contributed by atoms with Gasteiger partial charge in [0.1, 0.15) is 18.1 Å². The van der Waals surface area contributed by atoms with Crippen LogP contribution in [0.15, 0.2) is 48.5 Å². The highest BCUT2D eigenvalue weighted by Crippen LogP contribution is 2.18. The summed E-state index contributed by atoms with van der Waals surface area (Å²) in [5, 5.41) is 2.99. The van der Waals surface area contributed by atoms with Crippen LogP contribution in [-0.2, 0) is 29.0 Å². The molecule has 3 aromatic rings. The number of hydrogen-bond acceptors (Lipinski definition) is 4. The fraction of sp³-hybridized carbons (Fsp3) is 0.444. The average Bonchev–Trinajstić information content (AvgIpc) is 3.19. The molecule has 1 heterocycles. The lowest BCUT2D eigenvalue weighted by Crippen LogP contribution is -2.35. The van der Waals surface area contributed by atoms with Crippen molar-refractivity contribution in [1.82, 2.24) is 19.8 Å². The van der Waals surface area contributed by atoms with Crippen molar-refractivity contribution in [1.29, 1.82) is 0 Å². The Balaban J connectivity index is 1.59. The molecule has 0 saturated heterocycles. The second-order valence-electron chi connectivity index (χ2n) is 8.46. The molecule has 0 fully saturated rings. The molecule has 2 amide bonds. The van der Waals surface area contributed by atoms with E-state index in [4.69, 9.17) is 9.72 Å². The average molecular weight is 465 g/mol. The standard InChI is InChI=1S/C27H36N4O3/c1-4-17-30(18-5-2)27(33)20-31-24-10-7-6-9-23(24)29-25(31)11-8-16-28-26(32)19-21-12-14-22(34-3)15-13-21/h6-7,9-10,12-15H,4-5,8,11,16-20H2,1-3H3,(H,28,32). The predicted octanol–water partition coefficient (Wildman–Crippen LogP) is 3.99. The monoisotopic (exact) mass is 464 g/mol. The zero-order valence-corrected chi connectivity index (χ0v) is 20.5. The van der Waals surface area contributed by atoms with Crippen molar-refractivity contribution in [3.05, 3.63) is 59.9 Å². The Bertz CT molecular complexity index is 1070. The molecule has 7 heteroatoms. The van der Waals surface area contributed by atoms with E-state index in [0.29, 0.717) is 25.9 Å². The van der Waals surface area contributed by atoms with E-state index >= 15 is 0 Å². The maximum absolute atomic E-state index is 13.0. The van der Waals surface area contributed by atoms with E-state index in [-0.39, 0.29) is 11.8 Å². The van der Waals surface area contributed by atoms with Crippen molar-refractivity contribution in [2.45, 2.75) is 52.5 Å². The Hall–Kier alpha value is -3.35. The zero-order chi connectivity index (χ0) is 24.3. The van der Waals surface area contributed by atoms with Gasteiger partial charge in [0.15, 0.2) is 0 Å². The number of amides is 2. The molecule has 2 aromatic carbocycles. The largest absolute Gasteiger partial charge is 0.497 e. The molecule has 0 aliphatic heterocycles. The van der Waals surface area contributed by atoms with Gasteiger partial charge in [-0.1, -0.05) is 38.1 Å². The van der Waals surface area contributed by atoms with E-state index in [1.165, 1.54) is 0 Å². The van der Waals surface area contributed by atoms with Gasteiger partial charge in [-0.2, -0.15) is 0 Å². The molecule has 182 valence electrons. The molecule has 1 N–H and O–H groups in total. The zero-order valence-electron chi connectivity index (χ0n) is 20.5. The predicted molar refractivity (Wildman–Crippen MR) is 135 cm³/mol. The SMILES string of the molecule is CCCN(CCC)C(=O)Cn1c(CCCNC(=O)Cc2ccc(OC)cc2)nc2ccccc21. The highest BCUT2D eigenvalue weighted by Gasteiger charge is 2.17. The number of aromatic nitrogens is 2. The van der Waals surface area contributed by atoms with Gasteiger partial charge in [0.2, 0.25) is 11.8 Å². The molecule has 0 saturated carbocycles. The van der Waals surface area contributed by atoms with Gasteiger partial charge >= 0.3 is 0 Å². The third kappa shape index (κ3) is 6.83. The number of nitrogens with one attached hydrogen (secondary N) is 1. The Morgan fingerprint density at radius 2 is 1.74 bits per heavy atom. The fourth-order valence-electron chi connectivity index (χ4n) is 4.09. The van der Waals surface area contributed by atoms with Gasteiger partial charge in [0.25, 0.3) is 0 Å². The van der Waals surface area contributed by atoms with Crippen LogP contribution in [0.2, 0.25) is 0 Å². The van der Waals surface area contributed by atoms with Crippen LogP contribution >= 0.6 is 0 Å². The number of hydrogen-bond donors (Lipinski definition) is 1. The van der Waals surface area contributed by atoms with Crippen LogP contribution in [0.4, 0.5) is 0 Å². The van der Waals surface area contributed by atoms with E-state index in [9.17, 15) is 9.59 Å². The van der Waals surface area contributed by atoms with Gasteiger partial charge < -0.3 is 19.5 Å². The van der Waals surface area contributed by atoms with Crippen molar-refractivity contribution < 1.29 is 14.3 Å². The molecule has 1 aromatic heterocycles. The summed E-state index contributed by atoms with van der Waals surface area (Å²) in [6.45, 7) is 6.58. The van der Waals surface area contributed by atoms with E-state index in [1.807, 2.05) is 58.0 Å². The molecule has 0 atom stereocenters.